The number of carbonyl (C=O) groups excluding carboxylic acids is 17. The van der Waals surface area contributed by atoms with E-state index in [1.807, 2.05) is 12.1 Å². The van der Waals surface area contributed by atoms with Gasteiger partial charge in [-0.05, 0) is 155 Å². The fourth-order valence-electron chi connectivity index (χ4n) is 13.3. The van der Waals surface area contributed by atoms with Crippen molar-refractivity contribution in [1.29, 1.82) is 0 Å². The van der Waals surface area contributed by atoms with Crippen LogP contribution in [0.5, 0.6) is 5.75 Å². The number of carbonyl (C=O) groups is 17. The maximum absolute atomic E-state index is 15.8. The molecule has 0 unspecified atom stereocenters. The van der Waals surface area contributed by atoms with Gasteiger partial charge in [-0.15, -0.1) is 0 Å². The fraction of sp³-hybridized carbons (Fsp3) is 0.481. The number of primary amides is 4. The lowest BCUT2D eigenvalue weighted by Gasteiger charge is -2.34. The minimum absolute atomic E-state index is 0.122. The second-order valence-corrected chi connectivity index (χ2v) is 30.6. The van der Waals surface area contributed by atoms with Crippen molar-refractivity contribution in [2.75, 3.05) is 31.1 Å². The standard InChI is InChI=1S/C79H109N19O19S/c1-41-31-50(102)32-42(2)52(41)36-60(74(113)91-58(34-46-20-21-47-15-7-8-16-48(47)33-46)76(115)98-79(6,27-12-13-28-80)78(117)96-54(19-11-14-29-85-44(4)100)69(108)93-61(37-65(83)105)68(107)87-39-66(84)106)92-75(114)62-40-118-30-26-57(88-45(5)101)71(110)89-56(23-25-64(82)104)72(111)97-67(43(3)99)77(116)94-59(35-49-38-86-53-18-10-9-17-51(49)53)73(112)90-55(70(109)95-62)22-24-63(81)103/h7-10,15-18,20-21,31-33,38,43,54-62,67,86,99,102H,11-14,19,22-30,34-37,39-40,80H2,1-6H3,(H2,81,103)(H2,82,104)(H2,83,105)(H2,84,106)(H,85,100)(H,87,107)(H,88,101)(H,89,110)(H,90,112)(H,91,113)(H,92,114)(H,93,108)(H,94,116)(H,95,109)(H,96,117)(H,97,111)(H,98,115)/t43-,54+,55+,56+,57+,58+,59+,60+,61+,62+,67+,79+/m1/s1. The van der Waals surface area contributed by atoms with Crippen molar-refractivity contribution in [1.82, 2.24) is 74.1 Å². The van der Waals surface area contributed by atoms with Crippen LogP contribution in [0.25, 0.3) is 21.7 Å². The predicted molar refractivity (Wildman–Crippen MR) is 434 cm³/mol. The highest BCUT2D eigenvalue weighted by Gasteiger charge is 2.42. The monoisotopic (exact) mass is 1660 g/mol. The van der Waals surface area contributed by atoms with Crippen LogP contribution in [0.2, 0.25) is 0 Å². The molecule has 0 spiro atoms. The number of phenolic OH excluding ortho intramolecular Hbond substituents is 1. The fourth-order valence-corrected chi connectivity index (χ4v) is 14.3. The van der Waals surface area contributed by atoms with Crippen LogP contribution in [0.3, 0.4) is 0 Å². The van der Waals surface area contributed by atoms with E-state index in [4.69, 9.17) is 28.7 Å². The molecule has 1 fully saturated rings. The molecule has 26 N–H and O–H groups in total. The van der Waals surface area contributed by atoms with E-state index >= 15 is 28.8 Å². The summed E-state index contributed by atoms with van der Waals surface area (Å²) >= 11 is 0.922. The van der Waals surface area contributed by atoms with Gasteiger partial charge in [-0.25, -0.2) is 0 Å². The number of aliphatic hydroxyl groups excluding tert-OH is 1. The number of hydrogen-bond donors (Lipinski definition) is 21. The molecule has 118 heavy (non-hydrogen) atoms. The maximum Gasteiger partial charge on any atom is 0.246 e. The van der Waals surface area contributed by atoms with Crippen LogP contribution in [0.15, 0.2) is 85.1 Å². The summed E-state index contributed by atoms with van der Waals surface area (Å²) in [6, 6.07) is 5.20. The van der Waals surface area contributed by atoms with E-state index < -0.39 is 217 Å². The van der Waals surface area contributed by atoms with Crippen LogP contribution in [0, 0.1) is 13.8 Å². The Morgan fingerprint density at radius 2 is 1.20 bits per heavy atom. The highest BCUT2D eigenvalue weighted by molar-refractivity contribution is 7.99. The second-order valence-electron chi connectivity index (χ2n) is 29.4. The topological polar surface area (TPSA) is 633 Å². The van der Waals surface area contributed by atoms with Crippen LogP contribution in [0.1, 0.15) is 133 Å². The number of aliphatic hydroxyl groups is 1. The molecule has 640 valence electrons. The van der Waals surface area contributed by atoms with Crippen molar-refractivity contribution >= 4 is 134 Å². The number of hydrogen-bond acceptors (Lipinski definition) is 21. The summed E-state index contributed by atoms with van der Waals surface area (Å²) in [7, 11) is 0. The van der Waals surface area contributed by atoms with Gasteiger partial charge in [-0.1, -0.05) is 60.7 Å². The number of nitrogens with one attached hydrogen (secondary N) is 14. The van der Waals surface area contributed by atoms with E-state index in [1.54, 1.807) is 74.6 Å². The van der Waals surface area contributed by atoms with Gasteiger partial charge >= 0.3 is 0 Å². The molecule has 5 aromatic rings. The Morgan fingerprint density at radius 1 is 0.602 bits per heavy atom. The molecule has 39 heteroatoms. The number of aromatic amines is 1. The Hall–Kier alpha value is -12.3. The normalized spacial score (nSPS) is 18.8. The molecule has 4 aromatic carbocycles. The van der Waals surface area contributed by atoms with Crippen LogP contribution in [-0.2, 0) is 101 Å². The third-order valence-electron chi connectivity index (χ3n) is 19.6. The lowest BCUT2D eigenvalue weighted by molar-refractivity contribution is -0.138. The molecule has 1 aliphatic heterocycles. The van der Waals surface area contributed by atoms with E-state index in [0.29, 0.717) is 50.5 Å². The Bertz CT molecular complexity index is 4480. The number of nitrogens with two attached hydrogens (primary N) is 5. The molecule has 1 saturated heterocycles. The molecular weight excluding hydrogens is 1550 g/mol. The first-order valence-corrected chi connectivity index (χ1v) is 39.8. The number of para-hydroxylation sites is 1. The lowest BCUT2D eigenvalue weighted by atomic mass is 9.91. The van der Waals surface area contributed by atoms with E-state index in [2.05, 4.69) is 74.1 Å². The van der Waals surface area contributed by atoms with E-state index in [-0.39, 0.29) is 81.9 Å². The van der Waals surface area contributed by atoms with Gasteiger partial charge in [0.05, 0.1) is 19.1 Å². The zero-order chi connectivity index (χ0) is 87.1. The zero-order valence-electron chi connectivity index (χ0n) is 66.7. The van der Waals surface area contributed by atoms with Gasteiger partial charge in [-0.3, -0.25) is 81.5 Å². The maximum atomic E-state index is 15.8. The summed E-state index contributed by atoms with van der Waals surface area (Å²) in [4.78, 5) is 240. The molecule has 0 aliphatic carbocycles. The number of rotatable bonds is 38. The molecule has 0 radical (unpaired) electrons. The molecule has 1 aromatic heterocycles. The summed E-state index contributed by atoms with van der Waals surface area (Å²) in [5.74, 6) is -17.3. The average Bonchev–Trinajstić information content (AvgIpc) is 1.29. The summed E-state index contributed by atoms with van der Waals surface area (Å²) in [6.45, 7) is 7.72. The minimum atomic E-state index is -2.01. The lowest BCUT2D eigenvalue weighted by Crippen LogP contribution is -2.64. The number of fused-ring (bicyclic) bond motifs is 2. The minimum Gasteiger partial charge on any atom is -0.508 e. The first kappa shape index (κ1) is 94.6. The van der Waals surface area contributed by atoms with Crippen molar-refractivity contribution in [2.24, 2.45) is 28.7 Å². The van der Waals surface area contributed by atoms with Gasteiger partial charge in [0.25, 0.3) is 0 Å². The van der Waals surface area contributed by atoms with Gasteiger partial charge in [0.2, 0.25) is 100 Å². The third-order valence-corrected chi connectivity index (χ3v) is 20.7. The smallest absolute Gasteiger partial charge is 0.246 e. The molecule has 38 nitrogen and oxygen atoms in total. The van der Waals surface area contributed by atoms with E-state index in [9.17, 15) is 63.0 Å². The number of benzene rings is 4. The Balaban J connectivity index is 1.47. The number of amides is 17. The molecule has 6 rings (SSSR count). The predicted octanol–water partition coefficient (Wildman–Crippen LogP) is -3.62. The molecule has 2 heterocycles. The number of unbranched alkanes of at least 4 members (excludes halogenated alkanes) is 2. The summed E-state index contributed by atoms with van der Waals surface area (Å²) in [5.41, 5.74) is 28.6. The number of aryl methyl sites for hydroxylation is 2. The number of aromatic hydroxyl groups is 1. The van der Waals surface area contributed by atoms with Crippen molar-refractivity contribution in [3.05, 3.63) is 113 Å². The Kier molecular flexibility index (Phi) is 36.8. The van der Waals surface area contributed by atoms with Gasteiger partial charge in [-0.2, -0.15) is 11.8 Å². The number of phenols is 1. The first-order chi connectivity index (χ1) is 55.8. The van der Waals surface area contributed by atoms with Gasteiger partial charge in [0.15, 0.2) is 0 Å². The molecule has 17 amide bonds. The van der Waals surface area contributed by atoms with Crippen LogP contribution >= 0.6 is 11.8 Å². The zero-order valence-corrected chi connectivity index (χ0v) is 67.5. The molecule has 12 atom stereocenters. The van der Waals surface area contributed by atoms with Crippen LogP contribution in [0.4, 0.5) is 0 Å². The second kappa shape index (κ2) is 45.9. The molecule has 0 bridgehead atoms. The summed E-state index contributed by atoms with van der Waals surface area (Å²) in [6.07, 6.45) is -3.76. The van der Waals surface area contributed by atoms with Gasteiger partial charge < -0.3 is 113 Å². The van der Waals surface area contributed by atoms with Crippen LogP contribution < -0.4 is 97.8 Å². The van der Waals surface area contributed by atoms with E-state index in [0.717, 1.165) is 31.0 Å². The third kappa shape index (κ3) is 30.1. The highest BCUT2D eigenvalue weighted by Crippen LogP contribution is 2.26. The first-order valence-electron chi connectivity index (χ1n) is 38.6. The Morgan fingerprint density at radius 3 is 1.83 bits per heavy atom. The van der Waals surface area contributed by atoms with Gasteiger partial charge in [0, 0.05) is 75.3 Å². The number of thioether (sulfide) groups is 1. The van der Waals surface area contributed by atoms with Crippen molar-refractivity contribution < 1.29 is 91.7 Å². The molecule has 0 saturated carbocycles. The molecule has 1 aliphatic rings. The number of aromatic nitrogens is 1. The highest BCUT2D eigenvalue weighted by atomic mass is 32.2. The van der Waals surface area contributed by atoms with Crippen molar-refractivity contribution in [2.45, 2.75) is 210 Å². The quantitative estimate of drug-likeness (QED) is 0.0170. The Labute approximate surface area is 684 Å². The summed E-state index contributed by atoms with van der Waals surface area (Å²) < 4.78 is 0. The SMILES string of the molecule is CC(=O)NCCCC[C@H](NC(=O)[C@](C)(CCCCN)NC(=O)[C@H](Cc1ccc2ccccc2c1)NC(=O)[C@H](Cc1c(C)cc(O)cc1C)NC(=O)[C@@H]1CSCC[C@H](NC(C)=O)C(=O)N[C@@H](CCC(N)=O)C(=O)N[C@@H]([C@@H](C)O)C(=O)N[C@@H](Cc2c[nH]c3ccccc23)C(=O)N[C@@H](CCC(N)=O)C(=O)N1)C(=O)N[C@@H](CC(N)=O)C(=O)NCC(N)=O. The largest absolute Gasteiger partial charge is 0.508 e. The number of H-pyrrole nitrogens is 1. The van der Waals surface area contributed by atoms with Crippen LogP contribution in [-0.4, -0.2) is 219 Å². The summed E-state index contributed by atoms with van der Waals surface area (Å²) in [5, 5.41) is 57.5. The van der Waals surface area contributed by atoms with E-state index in [1.165, 1.54) is 26.0 Å². The molecular formula is C79H109N19O19S. The van der Waals surface area contributed by atoms with Gasteiger partial charge in [0.1, 0.15) is 71.7 Å². The average molecular weight is 1660 g/mol. The van der Waals surface area contributed by atoms with Crippen molar-refractivity contribution in [3.8, 4) is 5.75 Å². The van der Waals surface area contributed by atoms with Crippen molar-refractivity contribution in [3.63, 3.8) is 0 Å².